The lowest BCUT2D eigenvalue weighted by atomic mass is 10.1. The van der Waals surface area contributed by atoms with Gasteiger partial charge in [-0.05, 0) is 49.1 Å². The van der Waals surface area contributed by atoms with Crippen LogP contribution in [0.15, 0.2) is 64.3 Å². The Hall–Kier alpha value is -2.93. The number of pyridine rings is 1. The van der Waals surface area contributed by atoms with Gasteiger partial charge < -0.3 is 10.3 Å². The molecule has 2 N–H and O–H groups in total. The Morgan fingerprint density at radius 3 is 2.57 bits per heavy atom. The predicted molar refractivity (Wildman–Crippen MR) is 109 cm³/mol. The van der Waals surface area contributed by atoms with Gasteiger partial charge in [0.2, 0.25) is 5.91 Å². The van der Waals surface area contributed by atoms with Crippen LogP contribution in [-0.4, -0.2) is 31.6 Å². The number of aryl methyl sites for hydroxylation is 1. The maximum Gasteiger partial charge on any atom is 0.251 e. The molecule has 0 saturated carbocycles. The highest BCUT2D eigenvalue weighted by molar-refractivity contribution is 7.91. The van der Waals surface area contributed by atoms with Gasteiger partial charge in [-0.2, -0.15) is 0 Å². The summed E-state index contributed by atoms with van der Waals surface area (Å²) in [6.07, 6.45) is 0.251. The molecule has 0 unspecified atom stereocenters. The highest BCUT2D eigenvalue weighted by Crippen LogP contribution is 2.13. The minimum atomic E-state index is -3.48. The summed E-state index contributed by atoms with van der Waals surface area (Å²) < 4.78 is 24.4. The van der Waals surface area contributed by atoms with Crippen molar-refractivity contribution in [1.29, 1.82) is 0 Å². The summed E-state index contributed by atoms with van der Waals surface area (Å²) in [5.74, 6) is -0.605. The van der Waals surface area contributed by atoms with Crippen LogP contribution in [0, 0.1) is 6.92 Å². The van der Waals surface area contributed by atoms with Gasteiger partial charge in [-0.15, -0.1) is 0 Å². The number of hydrogen-bond acceptors (Lipinski definition) is 4. The molecule has 0 aliphatic heterocycles. The van der Waals surface area contributed by atoms with Crippen LogP contribution >= 0.6 is 0 Å². The summed E-state index contributed by atoms with van der Waals surface area (Å²) in [6, 6.07) is 15.7. The molecule has 0 aliphatic carbocycles. The van der Waals surface area contributed by atoms with E-state index in [0.29, 0.717) is 12.0 Å². The molecule has 0 aliphatic rings. The Balaban J connectivity index is 1.55. The van der Waals surface area contributed by atoms with Gasteiger partial charge in [-0.3, -0.25) is 9.59 Å². The monoisotopic (exact) mass is 398 g/mol. The van der Waals surface area contributed by atoms with Crippen molar-refractivity contribution in [2.45, 2.75) is 24.7 Å². The van der Waals surface area contributed by atoms with Crippen LogP contribution in [-0.2, 0) is 21.1 Å². The molecular formula is C21H22N2O4S. The third-order valence-electron chi connectivity index (χ3n) is 4.49. The third kappa shape index (κ3) is 4.86. The number of rotatable bonds is 7. The van der Waals surface area contributed by atoms with E-state index >= 15 is 0 Å². The van der Waals surface area contributed by atoms with Crippen molar-refractivity contribution in [3.05, 3.63) is 76.1 Å². The number of hydrogen-bond donors (Lipinski definition) is 2. The number of nitrogens with one attached hydrogen (secondary N) is 2. The summed E-state index contributed by atoms with van der Waals surface area (Å²) in [5, 5.41) is 3.63. The maximum atomic E-state index is 12.2. The van der Waals surface area contributed by atoms with Crippen LogP contribution < -0.4 is 10.9 Å². The molecule has 3 aromatic rings. The van der Waals surface area contributed by atoms with E-state index < -0.39 is 9.84 Å². The number of amides is 1. The van der Waals surface area contributed by atoms with Crippen LogP contribution in [0.5, 0.6) is 0 Å². The van der Waals surface area contributed by atoms with E-state index in [4.69, 9.17) is 0 Å². The highest BCUT2D eigenvalue weighted by atomic mass is 32.2. The highest BCUT2D eigenvalue weighted by Gasteiger charge is 2.16. The molecule has 0 radical (unpaired) electrons. The molecule has 1 aromatic heterocycles. The van der Waals surface area contributed by atoms with E-state index in [1.165, 1.54) is 12.1 Å². The summed E-state index contributed by atoms with van der Waals surface area (Å²) in [5.41, 5.74) is 2.26. The van der Waals surface area contributed by atoms with Gasteiger partial charge >= 0.3 is 0 Å². The quantitative estimate of drug-likeness (QED) is 0.639. The van der Waals surface area contributed by atoms with Gasteiger partial charge in [0.25, 0.3) is 5.56 Å². The van der Waals surface area contributed by atoms with E-state index in [-0.39, 0.29) is 35.1 Å². The van der Waals surface area contributed by atoms with E-state index in [2.05, 4.69) is 10.3 Å². The average molecular weight is 398 g/mol. The predicted octanol–water partition coefficient (Wildman–Crippen LogP) is 2.36. The molecular weight excluding hydrogens is 376 g/mol. The number of aromatic amines is 1. The Bertz CT molecular complexity index is 1150. The molecule has 0 bridgehead atoms. The van der Waals surface area contributed by atoms with Crippen molar-refractivity contribution in [3.63, 3.8) is 0 Å². The molecule has 0 fully saturated rings. The zero-order valence-electron chi connectivity index (χ0n) is 15.6. The second-order valence-corrected chi connectivity index (χ2v) is 8.81. The molecule has 6 nitrogen and oxygen atoms in total. The van der Waals surface area contributed by atoms with Crippen molar-refractivity contribution in [3.8, 4) is 0 Å². The number of H-pyrrole nitrogens is 1. The fourth-order valence-corrected chi connectivity index (χ4v) is 4.22. The van der Waals surface area contributed by atoms with Crippen molar-refractivity contribution in [2.75, 3.05) is 12.3 Å². The summed E-state index contributed by atoms with van der Waals surface area (Å²) in [4.78, 5) is 27.2. The second-order valence-electron chi connectivity index (χ2n) is 6.70. The number of aromatic nitrogens is 1. The van der Waals surface area contributed by atoms with E-state index in [0.717, 1.165) is 16.5 Å². The first kappa shape index (κ1) is 19.8. The average Bonchev–Trinajstić information content (AvgIpc) is 2.68. The Labute approximate surface area is 163 Å². The third-order valence-corrected chi connectivity index (χ3v) is 6.23. The minimum absolute atomic E-state index is 0.121. The first-order chi connectivity index (χ1) is 13.3. The van der Waals surface area contributed by atoms with Crippen LogP contribution in [0.2, 0.25) is 0 Å². The summed E-state index contributed by atoms with van der Waals surface area (Å²) >= 11 is 0. The van der Waals surface area contributed by atoms with Gasteiger partial charge in [0, 0.05) is 24.0 Å². The summed E-state index contributed by atoms with van der Waals surface area (Å²) in [7, 11) is -3.48. The fourth-order valence-electron chi connectivity index (χ4n) is 2.95. The minimum Gasteiger partial charge on any atom is -0.356 e. The first-order valence-corrected chi connectivity index (χ1v) is 10.7. The lowest BCUT2D eigenvalue weighted by molar-refractivity contribution is -0.120. The van der Waals surface area contributed by atoms with Crippen molar-refractivity contribution >= 4 is 26.6 Å². The van der Waals surface area contributed by atoms with Gasteiger partial charge in [-0.25, -0.2) is 8.42 Å². The van der Waals surface area contributed by atoms with Gasteiger partial charge in [-0.1, -0.05) is 29.8 Å². The van der Waals surface area contributed by atoms with E-state index in [1.54, 1.807) is 18.2 Å². The van der Waals surface area contributed by atoms with Crippen LogP contribution in [0.25, 0.3) is 10.9 Å². The summed E-state index contributed by atoms with van der Waals surface area (Å²) in [6.45, 7) is 2.25. The van der Waals surface area contributed by atoms with Crippen molar-refractivity contribution < 1.29 is 13.2 Å². The fraction of sp³-hybridized carbons (Fsp3) is 0.238. The molecule has 0 saturated heterocycles. The lowest BCUT2D eigenvalue weighted by Gasteiger charge is -2.07. The molecule has 0 atom stereocenters. The van der Waals surface area contributed by atoms with Crippen LogP contribution in [0.1, 0.15) is 17.5 Å². The van der Waals surface area contributed by atoms with Crippen LogP contribution in [0.3, 0.4) is 0 Å². The van der Waals surface area contributed by atoms with Crippen molar-refractivity contribution in [1.82, 2.24) is 10.3 Å². The molecule has 7 heteroatoms. The standard InChI is InChI=1S/C21H22N2O4S/c1-15-7-8-19-17(13-15)14-16(21(25)23-19)9-11-22-20(24)10-12-28(26,27)18-5-3-2-4-6-18/h2-8,13-14H,9-12H2,1H3,(H,22,24)(H,23,25). The van der Waals surface area contributed by atoms with E-state index in [1.807, 2.05) is 31.2 Å². The number of carbonyl (C=O) groups excluding carboxylic acids is 1. The van der Waals surface area contributed by atoms with E-state index in [9.17, 15) is 18.0 Å². The van der Waals surface area contributed by atoms with Crippen molar-refractivity contribution in [2.24, 2.45) is 0 Å². The Morgan fingerprint density at radius 1 is 1.07 bits per heavy atom. The molecule has 1 amide bonds. The second kappa shape index (κ2) is 8.39. The topological polar surface area (TPSA) is 96.1 Å². The lowest BCUT2D eigenvalue weighted by Crippen LogP contribution is -2.29. The Kier molecular flexibility index (Phi) is 5.94. The zero-order valence-corrected chi connectivity index (χ0v) is 16.4. The van der Waals surface area contributed by atoms with Gasteiger partial charge in [0.15, 0.2) is 9.84 Å². The Morgan fingerprint density at radius 2 is 1.82 bits per heavy atom. The van der Waals surface area contributed by atoms with Gasteiger partial charge in [0.05, 0.1) is 10.6 Å². The molecule has 3 rings (SSSR count). The number of benzene rings is 2. The maximum absolute atomic E-state index is 12.2. The smallest absolute Gasteiger partial charge is 0.251 e. The normalized spacial score (nSPS) is 11.5. The molecule has 28 heavy (non-hydrogen) atoms. The first-order valence-electron chi connectivity index (χ1n) is 9.02. The molecule has 2 aromatic carbocycles. The largest absolute Gasteiger partial charge is 0.356 e. The molecule has 0 spiro atoms. The number of sulfone groups is 1. The molecule has 1 heterocycles. The van der Waals surface area contributed by atoms with Crippen LogP contribution in [0.4, 0.5) is 0 Å². The number of carbonyl (C=O) groups is 1. The molecule has 146 valence electrons. The zero-order chi connectivity index (χ0) is 20.1. The van der Waals surface area contributed by atoms with Gasteiger partial charge in [0.1, 0.15) is 0 Å². The SMILES string of the molecule is Cc1ccc2[nH]c(=O)c(CCNC(=O)CCS(=O)(=O)c3ccccc3)cc2c1. The number of fused-ring (bicyclic) bond motifs is 1.